The van der Waals surface area contributed by atoms with E-state index in [1.807, 2.05) is 19.1 Å². The first-order valence-corrected chi connectivity index (χ1v) is 13.1. The molecule has 1 unspecified atom stereocenters. The molecule has 1 aromatic rings. The SMILES string of the molecule is C[C@]12C=CC(=O)CC1=CC[C@@H]1[C@@H]2[C@@H](O)C[C@@]2(C)[C@H]1C[C@H]1OC(c3cccnc3Br)O[C@]12C(=O)CO. The van der Waals surface area contributed by atoms with E-state index >= 15 is 0 Å². The van der Waals surface area contributed by atoms with Crippen molar-refractivity contribution in [2.24, 2.45) is 28.6 Å². The van der Waals surface area contributed by atoms with E-state index in [2.05, 4.69) is 33.9 Å². The summed E-state index contributed by atoms with van der Waals surface area (Å²) in [6.45, 7) is 3.49. The number of Topliss-reactive ketones (excluding diaryl/α,β-unsaturated/α-hetero) is 1. The van der Waals surface area contributed by atoms with Crippen molar-refractivity contribution >= 4 is 27.5 Å². The van der Waals surface area contributed by atoms with Crippen molar-refractivity contribution in [3.63, 3.8) is 0 Å². The van der Waals surface area contributed by atoms with Crippen LogP contribution in [0.15, 0.2) is 46.7 Å². The second kappa shape index (κ2) is 7.89. The first kappa shape index (κ1) is 23.7. The summed E-state index contributed by atoms with van der Waals surface area (Å²) in [5.74, 6) is -0.217. The van der Waals surface area contributed by atoms with Crippen LogP contribution >= 0.6 is 15.9 Å². The van der Waals surface area contributed by atoms with Gasteiger partial charge in [-0.25, -0.2) is 4.98 Å². The molecule has 0 aromatic carbocycles. The van der Waals surface area contributed by atoms with Crippen molar-refractivity contribution in [1.82, 2.24) is 4.98 Å². The number of aliphatic hydroxyl groups excluding tert-OH is 2. The molecule has 2 saturated carbocycles. The Labute approximate surface area is 212 Å². The zero-order valence-electron chi connectivity index (χ0n) is 19.8. The fraction of sp³-hybridized carbons (Fsp3) is 0.593. The highest BCUT2D eigenvalue weighted by Gasteiger charge is 2.75. The van der Waals surface area contributed by atoms with Crippen LogP contribution in [0, 0.1) is 28.6 Å². The smallest absolute Gasteiger partial charge is 0.193 e. The van der Waals surface area contributed by atoms with Gasteiger partial charge in [0.25, 0.3) is 0 Å². The molecule has 4 aliphatic carbocycles. The third-order valence-electron chi connectivity index (χ3n) is 9.80. The molecule has 1 aliphatic heterocycles. The summed E-state index contributed by atoms with van der Waals surface area (Å²) >= 11 is 3.46. The van der Waals surface area contributed by atoms with Crippen LogP contribution in [0.25, 0.3) is 0 Å². The molecule has 0 radical (unpaired) electrons. The van der Waals surface area contributed by atoms with Gasteiger partial charge in [-0.05, 0) is 65.2 Å². The Morgan fingerprint density at radius 2 is 2.14 bits per heavy atom. The van der Waals surface area contributed by atoms with Crippen molar-refractivity contribution < 1.29 is 29.3 Å². The van der Waals surface area contributed by atoms with E-state index in [9.17, 15) is 19.8 Å². The van der Waals surface area contributed by atoms with E-state index < -0.39 is 47.3 Å². The van der Waals surface area contributed by atoms with Crippen LogP contribution in [-0.2, 0) is 19.1 Å². The van der Waals surface area contributed by atoms with E-state index in [4.69, 9.17) is 9.47 Å². The van der Waals surface area contributed by atoms with Crippen molar-refractivity contribution in [3.05, 3.63) is 52.3 Å². The maximum absolute atomic E-state index is 13.5. The Bertz CT molecular complexity index is 1170. The minimum Gasteiger partial charge on any atom is -0.393 e. The van der Waals surface area contributed by atoms with Crippen LogP contribution in [0.5, 0.6) is 0 Å². The quantitative estimate of drug-likeness (QED) is 0.444. The lowest BCUT2D eigenvalue weighted by Gasteiger charge is -2.59. The van der Waals surface area contributed by atoms with Gasteiger partial charge in [0, 0.05) is 34.9 Å². The lowest BCUT2D eigenvalue weighted by molar-refractivity contribution is -0.199. The summed E-state index contributed by atoms with van der Waals surface area (Å²) in [6, 6.07) is 3.63. The first-order valence-electron chi connectivity index (χ1n) is 12.3. The van der Waals surface area contributed by atoms with Gasteiger partial charge in [0.1, 0.15) is 11.2 Å². The molecule has 1 saturated heterocycles. The first-order chi connectivity index (χ1) is 16.7. The second-order valence-electron chi connectivity index (χ2n) is 11.2. The molecule has 3 fully saturated rings. The number of allylic oxidation sites excluding steroid dienone is 4. The number of pyridine rings is 1. The zero-order chi connectivity index (χ0) is 24.8. The molecular weight excluding hydrogens is 514 g/mol. The molecule has 0 bridgehead atoms. The van der Waals surface area contributed by atoms with Crippen molar-refractivity contribution in [2.75, 3.05) is 6.61 Å². The molecule has 2 N–H and O–H groups in total. The van der Waals surface area contributed by atoms with Crippen LogP contribution in [0.2, 0.25) is 0 Å². The Kier molecular flexibility index (Phi) is 5.34. The largest absolute Gasteiger partial charge is 0.393 e. The summed E-state index contributed by atoms with van der Waals surface area (Å²) in [7, 11) is 0. The third-order valence-corrected chi connectivity index (χ3v) is 10.5. The van der Waals surface area contributed by atoms with Crippen LogP contribution in [0.4, 0.5) is 0 Å². The van der Waals surface area contributed by atoms with Gasteiger partial charge in [-0.1, -0.05) is 31.6 Å². The second-order valence-corrected chi connectivity index (χ2v) is 12.0. The van der Waals surface area contributed by atoms with Gasteiger partial charge >= 0.3 is 0 Å². The van der Waals surface area contributed by atoms with Crippen LogP contribution in [0.1, 0.15) is 51.4 Å². The van der Waals surface area contributed by atoms with E-state index in [-0.39, 0.29) is 23.5 Å². The standard InChI is InChI=1S/C27H30BrNO6/c1-25-8-7-15(31)10-14(25)5-6-16-18-11-21-27(20(33)13-30,26(18,2)12-19(32)22(16)25)35-24(34-21)17-4-3-9-29-23(17)28/h3-5,7-9,16,18-19,21-22,24,30,32H,6,10-13H2,1-2H3/t16-,18-,19-,21+,22+,24?,25-,26-,27+/m0/s1. The number of ketones is 2. The minimum absolute atomic E-state index is 0.0512. The Balaban J connectivity index is 1.42. The normalized spacial score (nSPS) is 45.9. The zero-order valence-corrected chi connectivity index (χ0v) is 21.4. The highest BCUT2D eigenvalue weighted by Crippen LogP contribution is 2.70. The number of carbonyl (C=O) groups excluding carboxylic acids is 2. The van der Waals surface area contributed by atoms with Gasteiger partial charge in [-0.3, -0.25) is 9.59 Å². The third kappa shape index (κ3) is 3.01. The molecule has 186 valence electrons. The molecule has 2 heterocycles. The van der Waals surface area contributed by atoms with Crippen LogP contribution in [0.3, 0.4) is 0 Å². The number of fused-ring (bicyclic) bond motifs is 7. The molecular formula is C27H30BrNO6. The average Bonchev–Trinajstić information content (AvgIpc) is 3.32. The van der Waals surface area contributed by atoms with Gasteiger partial charge in [0.05, 0.1) is 12.2 Å². The number of hydrogen-bond donors (Lipinski definition) is 2. The number of halogens is 1. The van der Waals surface area contributed by atoms with E-state index in [0.717, 1.165) is 12.0 Å². The molecule has 35 heavy (non-hydrogen) atoms. The van der Waals surface area contributed by atoms with Crippen LogP contribution in [-0.4, -0.2) is 51.2 Å². The maximum Gasteiger partial charge on any atom is 0.193 e. The monoisotopic (exact) mass is 543 g/mol. The minimum atomic E-state index is -1.36. The van der Waals surface area contributed by atoms with Crippen LogP contribution < -0.4 is 0 Å². The molecule has 9 atom stereocenters. The van der Waals surface area contributed by atoms with E-state index in [1.54, 1.807) is 18.3 Å². The number of aliphatic hydroxyl groups is 2. The summed E-state index contributed by atoms with van der Waals surface area (Å²) in [6.07, 6.45) is 7.53. The Morgan fingerprint density at radius 1 is 1.34 bits per heavy atom. The molecule has 7 nitrogen and oxygen atoms in total. The lowest BCUT2D eigenvalue weighted by atomic mass is 9.47. The molecule has 0 spiro atoms. The van der Waals surface area contributed by atoms with Crippen molar-refractivity contribution in [3.8, 4) is 0 Å². The molecule has 8 heteroatoms. The van der Waals surface area contributed by atoms with Gasteiger partial charge in [-0.15, -0.1) is 0 Å². The van der Waals surface area contributed by atoms with Crippen molar-refractivity contribution in [1.29, 1.82) is 0 Å². The Hall–Kier alpha value is -1.71. The maximum atomic E-state index is 13.5. The molecule has 5 aliphatic rings. The van der Waals surface area contributed by atoms with Gasteiger partial charge < -0.3 is 19.7 Å². The highest BCUT2D eigenvalue weighted by atomic mass is 79.9. The predicted octanol–water partition coefficient (Wildman–Crippen LogP) is 3.45. The number of nitrogens with zero attached hydrogens (tertiary/aromatic N) is 1. The summed E-state index contributed by atoms with van der Waals surface area (Å²) in [4.78, 5) is 29.9. The molecule has 0 amide bonds. The van der Waals surface area contributed by atoms with Gasteiger partial charge in [0.2, 0.25) is 0 Å². The number of carbonyl (C=O) groups is 2. The van der Waals surface area contributed by atoms with Gasteiger partial charge in [0.15, 0.2) is 23.5 Å². The summed E-state index contributed by atoms with van der Waals surface area (Å²) in [5.41, 5.74) is -0.703. The number of hydrogen-bond acceptors (Lipinski definition) is 7. The molecule has 1 aromatic heterocycles. The highest BCUT2D eigenvalue weighted by molar-refractivity contribution is 9.10. The number of rotatable bonds is 3. The summed E-state index contributed by atoms with van der Waals surface area (Å²) < 4.78 is 13.6. The lowest BCUT2D eigenvalue weighted by Crippen LogP contribution is -2.63. The average molecular weight is 544 g/mol. The fourth-order valence-electron chi connectivity index (χ4n) is 8.31. The van der Waals surface area contributed by atoms with Gasteiger partial charge in [-0.2, -0.15) is 0 Å². The topological polar surface area (TPSA) is 106 Å². The van der Waals surface area contributed by atoms with E-state index in [1.165, 1.54) is 0 Å². The number of ether oxygens (including phenoxy) is 2. The fourth-order valence-corrected chi connectivity index (χ4v) is 8.75. The van der Waals surface area contributed by atoms with E-state index in [0.29, 0.717) is 29.4 Å². The Morgan fingerprint density at radius 3 is 2.89 bits per heavy atom. The summed E-state index contributed by atoms with van der Waals surface area (Å²) in [5, 5.41) is 21.7. The van der Waals surface area contributed by atoms with Crippen molar-refractivity contribution in [2.45, 2.75) is 63.6 Å². The predicted molar refractivity (Wildman–Crippen MR) is 129 cm³/mol. The number of aromatic nitrogens is 1. The molecule has 6 rings (SSSR count).